The molecule has 0 N–H and O–H groups in total. The predicted molar refractivity (Wildman–Crippen MR) is 230 cm³/mol. The Kier molecular flexibility index (Phi) is 17.7. The smallest absolute Gasteiger partial charge is 0.263 e. The zero-order chi connectivity index (χ0) is 35.8. The van der Waals surface area contributed by atoms with Gasteiger partial charge in [-0.05, 0) is 57.1 Å². The molecular formula is C44H67NO4S3. The van der Waals surface area contributed by atoms with Crippen LogP contribution in [-0.4, -0.2) is 36.5 Å². The summed E-state index contributed by atoms with van der Waals surface area (Å²) in [5, 5.41) is 2.18. The minimum absolute atomic E-state index is 0. The first-order valence-corrected chi connectivity index (χ1v) is 22.0. The normalized spacial score (nSPS) is 13.8. The third-order valence-corrected chi connectivity index (χ3v) is 13.9. The van der Waals surface area contributed by atoms with E-state index >= 15 is 0 Å². The molecule has 0 aliphatic carbocycles. The molecule has 3 aromatic heterocycles. The SMILES string of the molecule is C.C.CCCCCCCCN1C(=O)c2c(C)sc(-c3cc4c(OCC(CC)CCCC)c5sc(C)cc5c(OCC(CC)CCCC)c4s3)c2C1=O. The first-order valence-electron chi connectivity index (χ1n) is 19.5. The van der Waals surface area contributed by atoms with Gasteiger partial charge in [-0.3, -0.25) is 14.5 Å². The summed E-state index contributed by atoms with van der Waals surface area (Å²) in [7, 11) is 0. The molecule has 0 spiro atoms. The molecule has 0 bridgehead atoms. The Bertz CT molecular complexity index is 1670. The van der Waals surface area contributed by atoms with Gasteiger partial charge < -0.3 is 9.47 Å². The summed E-state index contributed by atoms with van der Waals surface area (Å²) in [4.78, 5) is 33.2. The fourth-order valence-corrected chi connectivity index (χ4v) is 10.7. The van der Waals surface area contributed by atoms with Gasteiger partial charge in [0.25, 0.3) is 11.8 Å². The highest BCUT2D eigenvalue weighted by Crippen LogP contribution is 2.53. The van der Waals surface area contributed by atoms with Crippen molar-refractivity contribution in [3.63, 3.8) is 0 Å². The van der Waals surface area contributed by atoms with Crippen LogP contribution >= 0.6 is 34.0 Å². The number of ether oxygens (including phenoxy) is 2. The number of thiophene rings is 3. The Labute approximate surface area is 327 Å². The second-order valence-corrected chi connectivity index (χ2v) is 17.9. The average molecular weight is 770 g/mol. The van der Waals surface area contributed by atoms with Crippen LogP contribution in [-0.2, 0) is 0 Å². The highest BCUT2D eigenvalue weighted by Gasteiger charge is 2.41. The van der Waals surface area contributed by atoms with Crippen molar-refractivity contribution in [2.24, 2.45) is 11.8 Å². The Morgan fingerprint density at radius 3 is 1.73 bits per heavy atom. The lowest BCUT2D eigenvalue weighted by Gasteiger charge is -2.19. The molecule has 1 aromatic carbocycles. The van der Waals surface area contributed by atoms with Crippen LogP contribution in [0.15, 0.2) is 12.1 Å². The van der Waals surface area contributed by atoms with Crippen molar-refractivity contribution in [3.8, 4) is 21.3 Å². The van der Waals surface area contributed by atoms with Gasteiger partial charge in [0.15, 0.2) is 0 Å². The van der Waals surface area contributed by atoms with Crippen LogP contribution in [0.4, 0.5) is 0 Å². The third-order valence-electron chi connectivity index (χ3n) is 10.5. The summed E-state index contributed by atoms with van der Waals surface area (Å²) in [6.07, 6.45) is 16.0. The van der Waals surface area contributed by atoms with E-state index in [-0.39, 0.29) is 26.7 Å². The minimum atomic E-state index is -0.136. The monoisotopic (exact) mass is 769 g/mol. The van der Waals surface area contributed by atoms with E-state index in [4.69, 9.17) is 9.47 Å². The Hall–Kier alpha value is -2.42. The molecule has 0 radical (unpaired) electrons. The molecule has 1 aliphatic heterocycles. The van der Waals surface area contributed by atoms with E-state index in [1.54, 1.807) is 34.0 Å². The molecule has 5 rings (SSSR count). The fraction of sp³-hybridized carbons (Fsp3) is 0.636. The Balaban J connectivity index is 0.00000364. The maximum Gasteiger partial charge on any atom is 0.263 e. The first kappa shape index (κ1) is 44.0. The van der Waals surface area contributed by atoms with Gasteiger partial charge in [0, 0.05) is 31.9 Å². The summed E-state index contributed by atoms with van der Waals surface area (Å²) in [6, 6.07) is 4.48. The molecule has 1 aliphatic rings. The number of nitrogens with zero attached hydrogens (tertiary/aromatic N) is 1. The van der Waals surface area contributed by atoms with E-state index in [1.807, 2.05) is 6.92 Å². The van der Waals surface area contributed by atoms with E-state index < -0.39 is 0 Å². The Morgan fingerprint density at radius 2 is 1.15 bits per heavy atom. The van der Waals surface area contributed by atoms with Crippen LogP contribution in [0.25, 0.3) is 29.9 Å². The lowest BCUT2D eigenvalue weighted by molar-refractivity contribution is 0.0651. The van der Waals surface area contributed by atoms with E-state index in [9.17, 15) is 9.59 Å². The van der Waals surface area contributed by atoms with Crippen molar-refractivity contribution in [3.05, 3.63) is 33.0 Å². The maximum absolute atomic E-state index is 14.0. The van der Waals surface area contributed by atoms with Crippen molar-refractivity contribution >= 4 is 66.0 Å². The minimum Gasteiger partial charge on any atom is -0.491 e. The second kappa shape index (κ2) is 20.9. The number of carbonyl (C=O) groups excluding carboxylic acids is 2. The fourth-order valence-electron chi connectivity index (χ4n) is 7.22. The molecule has 4 heterocycles. The number of carbonyl (C=O) groups is 2. The highest BCUT2D eigenvalue weighted by molar-refractivity contribution is 7.27. The number of benzene rings is 1. The predicted octanol–water partition coefficient (Wildman–Crippen LogP) is 14.9. The second-order valence-electron chi connectivity index (χ2n) is 14.3. The highest BCUT2D eigenvalue weighted by atomic mass is 32.1. The summed E-state index contributed by atoms with van der Waals surface area (Å²) in [5.74, 6) is 2.62. The molecule has 4 aromatic rings. The molecule has 52 heavy (non-hydrogen) atoms. The van der Waals surface area contributed by atoms with Gasteiger partial charge in [-0.25, -0.2) is 0 Å². The van der Waals surface area contributed by atoms with Crippen LogP contribution in [0, 0.1) is 25.7 Å². The molecule has 8 heteroatoms. The van der Waals surface area contributed by atoms with Gasteiger partial charge >= 0.3 is 0 Å². The molecule has 0 fully saturated rings. The number of aryl methyl sites for hydroxylation is 2. The number of unbranched alkanes of at least 4 members (excludes halogenated alkanes) is 7. The van der Waals surface area contributed by atoms with Crippen molar-refractivity contribution in [2.45, 2.75) is 153 Å². The van der Waals surface area contributed by atoms with Crippen molar-refractivity contribution in [2.75, 3.05) is 19.8 Å². The lowest BCUT2D eigenvalue weighted by Crippen LogP contribution is -2.31. The van der Waals surface area contributed by atoms with E-state index in [2.05, 4.69) is 53.7 Å². The molecule has 290 valence electrons. The summed E-state index contributed by atoms with van der Waals surface area (Å²) >= 11 is 5.04. The van der Waals surface area contributed by atoms with Crippen LogP contribution in [0.3, 0.4) is 0 Å². The van der Waals surface area contributed by atoms with Crippen LogP contribution in [0.2, 0.25) is 0 Å². The number of fused-ring (bicyclic) bond motifs is 3. The first-order chi connectivity index (χ1) is 24.3. The molecule has 2 atom stereocenters. The van der Waals surface area contributed by atoms with Gasteiger partial charge in [-0.15, -0.1) is 34.0 Å². The standard InChI is InChI=1S/C42H59NO4S3.2CH4/c1-8-13-16-17-18-19-22-43-41(44)34-28(7)49-40(35(34)42(43)45)33-24-32-37(47-26-30(12-5)21-15-10-3)38-31(23-27(6)48-38)36(39(32)50-33)46-25-29(11-4)20-14-9-2;;/h23-24,29-30H,8-22,25-26H2,1-7H3;2*1H4. The summed E-state index contributed by atoms with van der Waals surface area (Å²) in [5.41, 5.74) is 1.19. The van der Waals surface area contributed by atoms with Crippen LogP contribution < -0.4 is 9.47 Å². The molecular weight excluding hydrogens is 703 g/mol. The summed E-state index contributed by atoms with van der Waals surface area (Å²) < 4.78 is 16.0. The lowest BCUT2D eigenvalue weighted by atomic mass is 10.0. The van der Waals surface area contributed by atoms with Crippen molar-refractivity contribution in [1.29, 1.82) is 0 Å². The molecule has 0 saturated heterocycles. The quantitative estimate of drug-likeness (QED) is 0.0590. The van der Waals surface area contributed by atoms with Gasteiger partial charge in [0.2, 0.25) is 0 Å². The van der Waals surface area contributed by atoms with E-state index in [1.165, 1.54) is 67.6 Å². The zero-order valence-corrected chi connectivity index (χ0v) is 34.1. The number of rotatable bonds is 22. The number of hydrogen-bond donors (Lipinski definition) is 0. The molecule has 2 amide bonds. The van der Waals surface area contributed by atoms with Gasteiger partial charge in [0.1, 0.15) is 11.5 Å². The van der Waals surface area contributed by atoms with Crippen molar-refractivity contribution in [1.82, 2.24) is 4.90 Å². The summed E-state index contributed by atoms with van der Waals surface area (Å²) in [6.45, 7) is 17.3. The Morgan fingerprint density at radius 1 is 0.635 bits per heavy atom. The van der Waals surface area contributed by atoms with E-state index in [0.717, 1.165) is 78.4 Å². The maximum atomic E-state index is 14.0. The van der Waals surface area contributed by atoms with Crippen LogP contribution in [0.1, 0.15) is 170 Å². The van der Waals surface area contributed by atoms with Gasteiger partial charge in [-0.1, -0.05) is 120 Å². The van der Waals surface area contributed by atoms with Gasteiger partial charge in [-0.2, -0.15) is 0 Å². The molecule has 2 unspecified atom stereocenters. The largest absolute Gasteiger partial charge is 0.491 e. The number of imide groups is 1. The molecule has 0 saturated carbocycles. The van der Waals surface area contributed by atoms with E-state index in [0.29, 0.717) is 42.7 Å². The zero-order valence-electron chi connectivity index (χ0n) is 31.6. The number of amides is 2. The topological polar surface area (TPSA) is 55.8 Å². The number of hydrogen-bond acceptors (Lipinski definition) is 7. The van der Waals surface area contributed by atoms with Crippen LogP contribution in [0.5, 0.6) is 11.5 Å². The van der Waals surface area contributed by atoms with Gasteiger partial charge in [0.05, 0.1) is 38.6 Å². The third kappa shape index (κ3) is 9.62. The molecule has 5 nitrogen and oxygen atoms in total. The van der Waals surface area contributed by atoms with Crippen molar-refractivity contribution < 1.29 is 19.1 Å². The average Bonchev–Trinajstić information content (AvgIpc) is 3.86.